The van der Waals surface area contributed by atoms with Gasteiger partial charge in [-0.15, -0.1) is 0 Å². The maximum absolute atomic E-state index is 12.1. The van der Waals surface area contributed by atoms with Crippen molar-refractivity contribution in [1.29, 1.82) is 0 Å². The number of piperazine rings is 1. The summed E-state index contributed by atoms with van der Waals surface area (Å²) in [5, 5.41) is 0. The van der Waals surface area contributed by atoms with Crippen LogP contribution in [0.2, 0.25) is 0 Å². The summed E-state index contributed by atoms with van der Waals surface area (Å²) in [6, 6.07) is 8.17. The van der Waals surface area contributed by atoms with Crippen LogP contribution in [-0.2, 0) is 10.2 Å². The van der Waals surface area contributed by atoms with Gasteiger partial charge in [0.2, 0.25) is 0 Å². The van der Waals surface area contributed by atoms with Crippen molar-refractivity contribution in [2.75, 3.05) is 47.4 Å². The normalized spacial score (nSPS) is 19.3. The summed E-state index contributed by atoms with van der Waals surface area (Å²) in [6.45, 7) is 4.59. The van der Waals surface area contributed by atoms with Gasteiger partial charge in [-0.1, -0.05) is 18.2 Å². The third kappa shape index (κ3) is 3.43. The monoisotopic (exact) mass is 327 g/mol. The van der Waals surface area contributed by atoms with Crippen molar-refractivity contribution >= 4 is 10.2 Å². The lowest BCUT2D eigenvalue weighted by atomic mass is 10.1. The van der Waals surface area contributed by atoms with E-state index in [9.17, 15) is 8.42 Å². The van der Waals surface area contributed by atoms with Gasteiger partial charge in [-0.25, -0.2) is 0 Å². The van der Waals surface area contributed by atoms with Gasteiger partial charge in [0.1, 0.15) is 5.75 Å². The first-order valence-electron chi connectivity index (χ1n) is 7.42. The lowest BCUT2D eigenvalue weighted by Gasteiger charge is -2.38. The van der Waals surface area contributed by atoms with Crippen LogP contribution in [0.1, 0.15) is 18.5 Å². The van der Waals surface area contributed by atoms with Crippen molar-refractivity contribution in [3.05, 3.63) is 29.8 Å². The first-order chi connectivity index (χ1) is 10.4. The van der Waals surface area contributed by atoms with E-state index in [1.165, 1.54) is 4.31 Å². The number of para-hydroxylation sites is 1. The largest absolute Gasteiger partial charge is 0.496 e. The van der Waals surface area contributed by atoms with E-state index in [1.54, 1.807) is 25.5 Å². The predicted octanol–water partition coefficient (Wildman–Crippen LogP) is 1.18. The molecule has 0 aromatic heterocycles. The van der Waals surface area contributed by atoms with Crippen molar-refractivity contribution in [3.8, 4) is 5.75 Å². The van der Waals surface area contributed by atoms with E-state index in [4.69, 9.17) is 4.74 Å². The summed E-state index contributed by atoms with van der Waals surface area (Å²) in [6.07, 6.45) is 0. The number of rotatable bonds is 5. The molecule has 1 heterocycles. The Labute approximate surface area is 133 Å². The van der Waals surface area contributed by atoms with Gasteiger partial charge < -0.3 is 4.74 Å². The smallest absolute Gasteiger partial charge is 0.281 e. The number of benzene rings is 1. The lowest BCUT2D eigenvalue weighted by Crippen LogP contribution is -2.52. The zero-order valence-corrected chi connectivity index (χ0v) is 14.5. The molecule has 1 saturated heterocycles. The molecule has 0 bridgehead atoms. The van der Waals surface area contributed by atoms with Gasteiger partial charge in [-0.3, -0.25) is 4.90 Å². The van der Waals surface area contributed by atoms with Crippen LogP contribution >= 0.6 is 0 Å². The summed E-state index contributed by atoms with van der Waals surface area (Å²) in [4.78, 5) is 2.29. The average molecular weight is 327 g/mol. The van der Waals surface area contributed by atoms with Crippen LogP contribution in [0, 0.1) is 0 Å². The second-order valence-electron chi connectivity index (χ2n) is 5.64. The fourth-order valence-electron chi connectivity index (χ4n) is 2.76. The SMILES string of the molecule is COc1ccccc1C(C)N1CCN(S(=O)(=O)N(C)C)CC1. The molecule has 1 fully saturated rings. The summed E-state index contributed by atoms with van der Waals surface area (Å²) < 4.78 is 32.5. The number of ether oxygens (including phenoxy) is 1. The molecule has 1 aromatic carbocycles. The Morgan fingerprint density at radius 3 is 2.27 bits per heavy atom. The number of hydrogen-bond donors (Lipinski definition) is 0. The molecule has 0 spiro atoms. The van der Waals surface area contributed by atoms with Crippen LogP contribution in [0.5, 0.6) is 5.75 Å². The minimum atomic E-state index is -3.31. The first-order valence-corrected chi connectivity index (χ1v) is 8.82. The molecule has 0 aliphatic carbocycles. The lowest BCUT2D eigenvalue weighted by molar-refractivity contribution is 0.141. The van der Waals surface area contributed by atoms with Crippen molar-refractivity contribution < 1.29 is 13.2 Å². The fourth-order valence-corrected chi connectivity index (χ4v) is 3.85. The molecule has 2 rings (SSSR count). The molecule has 0 radical (unpaired) electrons. The van der Waals surface area contributed by atoms with Gasteiger partial charge in [0.15, 0.2) is 0 Å². The number of methoxy groups -OCH3 is 1. The zero-order chi connectivity index (χ0) is 16.3. The minimum Gasteiger partial charge on any atom is -0.496 e. The summed E-state index contributed by atoms with van der Waals surface area (Å²) >= 11 is 0. The zero-order valence-electron chi connectivity index (χ0n) is 13.7. The van der Waals surface area contributed by atoms with Crippen LogP contribution < -0.4 is 4.74 Å². The molecular weight excluding hydrogens is 302 g/mol. The maximum atomic E-state index is 12.1. The molecular formula is C15H25N3O3S. The highest BCUT2D eigenvalue weighted by atomic mass is 32.2. The van der Waals surface area contributed by atoms with Crippen molar-refractivity contribution in [3.63, 3.8) is 0 Å². The van der Waals surface area contributed by atoms with Crippen molar-refractivity contribution in [2.45, 2.75) is 13.0 Å². The molecule has 22 heavy (non-hydrogen) atoms. The molecule has 1 atom stereocenters. The van der Waals surface area contributed by atoms with Crippen LogP contribution in [0.25, 0.3) is 0 Å². The van der Waals surface area contributed by atoms with E-state index in [0.29, 0.717) is 26.2 Å². The Morgan fingerprint density at radius 1 is 1.14 bits per heavy atom. The van der Waals surface area contributed by atoms with Gasteiger partial charge in [0.05, 0.1) is 7.11 Å². The van der Waals surface area contributed by atoms with Crippen molar-refractivity contribution in [2.24, 2.45) is 0 Å². The molecule has 1 aliphatic heterocycles. The van der Waals surface area contributed by atoms with E-state index >= 15 is 0 Å². The highest BCUT2D eigenvalue weighted by molar-refractivity contribution is 7.86. The van der Waals surface area contributed by atoms with Gasteiger partial charge in [0, 0.05) is 51.9 Å². The maximum Gasteiger partial charge on any atom is 0.281 e. The predicted molar refractivity (Wildman–Crippen MR) is 87.2 cm³/mol. The standard InChI is InChI=1S/C15H25N3O3S/c1-13(14-7-5-6-8-15(14)21-4)17-9-11-18(12-10-17)22(19,20)16(2)3/h5-8,13H,9-12H2,1-4H3. The molecule has 7 heteroatoms. The quantitative estimate of drug-likeness (QED) is 0.815. The van der Waals surface area contributed by atoms with E-state index in [0.717, 1.165) is 11.3 Å². The van der Waals surface area contributed by atoms with E-state index < -0.39 is 10.2 Å². The van der Waals surface area contributed by atoms with Crippen molar-refractivity contribution in [1.82, 2.24) is 13.5 Å². The molecule has 1 aliphatic rings. The molecule has 124 valence electrons. The molecule has 0 N–H and O–H groups in total. The average Bonchev–Trinajstić information content (AvgIpc) is 2.54. The van der Waals surface area contributed by atoms with Gasteiger partial charge >= 0.3 is 0 Å². The number of hydrogen-bond acceptors (Lipinski definition) is 4. The Morgan fingerprint density at radius 2 is 1.73 bits per heavy atom. The second kappa shape index (κ2) is 6.95. The first kappa shape index (κ1) is 17.2. The Kier molecular flexibility index (Phi) is 5.44. The van der Waals surface area contributed by atoms with E-state index in [2.05, 4.69) is 17.9 Å². The Balaban J connectivity index is 2.05. The summed E-state index contributed by atoms with van der Waals surface area (Å²) in [5.41, 5.74) is 1.13. The highest BCUT2D eigenvalue weighted by Gasteiger charge is 2.30. The highest BCUT2D eigenvalue weighted by Crippen LogP contribution is 2.29. The van der Waals surface area contributed by atoms with Crippen LogP contribution in [-0.4, -0.2) is 69.3 Å². The molecule has 0 saturated carbocycles. The van der Waals surface area contributed by atoms with Gasteiger partial charge in [-0.2, -0.15) is 17.0 Å². The minimum absolute atomic E-state index is 0.195. The molecule has 0 amide bonds. The van der Waals surface area contributed by atoms with Crippen LogP contribution in [0.4, 0.5) is 0 Å². The van der Waals surface area contributed by atoms with Gasteiger partial charge in [-0.05, 0) is 13.0 Å². The molecule has 1 aromatic rings. The fraction of sp³-hybridized carbons (Fsp3) is 0.600. The van der Waals surface area contributed by atoms with Crippen LogP contribution in [0.3, 0.4) is 0 Å². The van der Waals surface area contributed by atoms with Gasteiger partial charge in [0.25, 0.3) is 10.2 Å². The summed E-state index contributed by atoms with van der Waals surface area (Å²) in [5.74, 6) is 0.873. The Bertz CT molecular complexity index is 596. The third-order valence-electron chi connectivity index (χ3n) is 4.20. The Hall–Kier alpha value is -1.15. The van der Waals surface area contributed by atoms with E-state index in [-0.39, 0.29) is 6.04 Å². The van der Waals surface area contributed by atoms with E-state index in [1.807, 2.05) is 18.2 Å². The van der Waals surface area contributed by atoms with Crippen LogP contribution in [0.15, 0.2) is 24.3 Å². The molecule has 1 unspecified atom stereocenters. The second-order valence-corrected chi connectivity index (χ2v) is 7.79. The summed E-state index contributed by atoms with van der Waals surface area (Å²) in [7, 11) is 1.50. The third-order valence-corrected chi connectivity index (χ3v) is 6.14. The topological polar surface area (TPSA) is 53.1 Å². The molecule has 6 nitrogen and oxygen atoms in total. The number of nitrogens with zero attached hydrogens (tertiary/aromatic N) is 3.